The summed E-state index contributed by atoms with van der Waals surface area (Å²) < 4.78 is 5.24. The number of amides is 1. The Morgan fingerprint density at radius 3 is 2.62 bits per heavy atom. The summed E-state index contributed by atoms with van der Waals surface area (Å²) in [6.45, 7) is 8.40. The number of hydrogen-bond donors (Lipinski definition) is 2. The molecule has 1 heterocycles. The summed E-state index contributed by atoms with van der Waals surface area (Å²) in [5, 5.41) is 6.34. The molecule has 0 saturated heterocycles. The second-order valence-electron chi connectivity index (χ2n) is 6.72. The molecule has 21 heavy (non-hydrogen) atoms. The van der Waals surface area contributed by atoms with Gasteiger partial charge in [-0.05, 0) is 52.2 Å². The fraction of sp³-hybridized carbons (Fsp3) is 0.625. The molecule has 5 heteroatoms. The molecule has 0 spiro atoms. The van der Waals surface area contributed by atoms with Gasteiger partial charge in [-0.2, -0.15) is 0 Å². The van der Waals surface area contributed by atoms with Gasteiger partial charge in [-0.25, -0.2) is 4.79 Å². The number of nitrogens with one attached hydrogen (secondary N) is 2. The van der Waals surface area contributed by atoms with E-state index in [1.165, 1.54) is 5.56 Å². The highest BCUT2D eigenvalue weighted by Gasteiger charge is 2.31. The SMILES string of the molecule is Cc1ccc(CNC2CC(NC(=O)OC(C)(C)C)C2)nc1. The average molecular weight is 291 g/mol. The predicted molar refractivity (Wildman–Crippen MR) is 82.0 cm³/mol. The normalized spacial score (nSPS) is 21.5. The van der Waals surface area contributed by atoms with E-state index in [0.29, 0.717) is 6.04 Å². The molecule has 5 nitrogen and oxygen atoms in total. The van der Waals surface area contributed by atoms with E-state index in [-0.39, 0.29) is 12.1 Å². The molecule has 1 saturated carbocycles. The van der Waals surface area contributed by atoms with Crippen LogP contribution in [0.1, 0.15) is 44.9 Å². The summed E-state index contributed by atoms with van der Waals surface area (Å²) in [5.41, 5.74) is 1.77. The number of nitrogens with zero attached hydrogens (tertiary/aromatic N) is 1. The Hall–Kier alpha value is -1.62. The number of carbonyl (C=O) groups excluding carboxylic acids is 1. The minimum Gasteiger partial charge on any atom is -0.444 e. The minimum absolute atomic E-state index is 0.211. The first kappa shape index (κ1) is 15.8. The van der Waals surface area contributed by atoms with Crippen LogP contribution in [-0.2, 0) is 11.3 Å². The molecule has 1 aliphatic rings. The zero-order valence-electron chi connectivity index (χ0n) is 13.3. The number of pyridine rings is 1. The van der Waals surface area contributed by atoms with Crippen LogP contribution in [0, 0.1) is 6.92 Å². The Morgan fingerprint density at radius 1 is 1.33 bits per heavy atom. The van der Waals surface area contributed by atoms with Gasteiger partial charge >= 0.3 is 6.09 Å². The van der Waals surface area contributed by atoms with Crippen molar-refractivity contribution in [2.45, 2.75) is 64.8 Å². The second kappa shape index (κ2) is 6.43. The van der Waals surface area contributed by atoms with Gasteiger partial charge in [0.25, 0.3) is 0 Å². The van der Waals surface area contributed by atoms with Crippen LogP contribution in [0.25, 0.3) is 0 Å². The summed E-state index contributed by atoms with van der Waals surface area (Å²) in [6.07, 6.45) is 3.42. The maximum Gasteiger partial charge on any atom is 0.407 e. The summed E-state index contributed by atoms with van der Waals surface area (Å²) >= 11 is 0. The van der Waals surface area contributed by atoms with Crippen molar-refractivity contribution in [1.82, 2.24) is 15.6 Å². The van der Waals surface area contributed by atoms with Gasteiger partial charge in [0.1, 0.15) is 5.60 Å². The van der Waals surface area contributed by atoms with Crippen LogP contribution >= 0.6 is 0 Å². The Kier molecular flexibility index (Phi) is 4.83. The number of aromatic nitrogens is 1. The first-order valence-electron chi connectivity index (χ1n) is 7.46. The fourth-order valence-electron chi connectivity index (χ4n) is 2.23. The largest absolute Gasteiger partial charge is 0.444 e. The molecule has 1 aromatic heterocycles. The molecular formula is C16H25N3O2. The molecule has 2 N–H and O–H groups in total. The van der Waals surface area contributed by atoms with Crippen molar-refractivity contribution in [2.24, 2.45) is 0 Å². The van der Waals surface area contributed by atoms with Crippen molar-refractivity contribution >= 4 is 6.09 Å². The van der Waals surface area contributed by atoms with Gasteiger partial charge in [0.05, 0.1) is 5.69 Å². The lowest BCUT2D eigenvalue weighted by Crippen LogP contribution is -2.53. The van der Waals surface area contributed by atoms with Gasteiger partial charge in [0.15, 0.2) is 0 Å². The summed E-state index contributed by atoms with van der Waals surface area (Å²) in [6, 6.07) is 4.76. The van der Waals surface area contributed by atoms with Gasteiger partial charge in [-0.1, -0.05) is 6.07 Å². The molecule has 1 aliphatic carbocycles. The lowest BCUT2D eigenvalue weighted by atomic mass is 9.87. The van der Waals surface area contributed by atoms with Crippen molar-refractivity contribution in [3.05, 3.63) is 29.6 Å². The van der Waals surface area contributed by atoms with E-state index in [0.717, 1.165) is 25.1 Å². The molecule has 1 amide bonds. The number of rotatable bonds is 4. The van der Waals surface area contributed by atoms with Crippen molar-refractivity contribution in [3.8, 4) is 0 Å². The molecule has 0 radical (unpaired) electrons. The molecule has 0 bridgehead atoms. The van der Waals surface area contributed by atoms with Crippen LogP contribution < -0.4 is 10.6 Å². The van der Waals surface area contributed by atoms with Crippen molar-refractivity contribution in [3.63, 3.8) is 0 Å². The monoisotopic (exact) mass is 291 g/mol. The second-order valence-corrected chi connectivity index (χ2v) is 6.72. The van der Waals surface area contributed by atoms with Crippen molar-refractivity contribution in [2.75, 3.05) is 0 Å². The Bertz CT molecular complexity index is 473. The third-order valence-electron chi connectivity index (χ3n) is 3.40. The van der Waals surface area contributed by atoms with Gasteiger partial charge < -0.3 is 15.4 Å². The van der Waals surface area contributed by atoms with E-state index in [9.17, 15) is 4.79 Å². The highest BCUT2D eigenvalue weighted by molar-refractivity contribution is 5.68. The molecule has 0 atom stereocenters. The van der Waals surface area contributed by atoms with Gasteiger partial charge in [-0.3, -0.25) is 4.98 Å². The highest BCUT2D eigenvalue weighted by Crippen LogP contribution is 2.21. The first-order valence-corrected chi connectivity index (χ1v) is 7.46. The van der Waals surface area contributed by atoms with E-state index in [2.05, 4.69) is 21.7 Å². The molecule has 2 rings (SSSR count). The third kappa shape index (κ3) is 5.34. The van der Waals surface area contributed by atoms with Gasteiger partial charge in [0, 0.05) is 24.8 Å². The van der Waals surface area contributed by atoms with Crippen LogP contribution in [0.2, 0.25) is 0 Å². The lowest BCUT2D eigenvalue weighted by molar-refractivity contribution is 0.0465. The molecule has 0 aromatic carbocycles. The number of alkyl carbamates (subject to hydrolysis) is 1. The van der Waals surface area contributed by atoms with Crippen LogP contribution in [0.3, 0.4) is 0 Å². The maximum absolute atomic E-state index is 11.6. The third-order valence-corrected chi connectivity index (χ3v) is 3.40. The number of hydrogen-bond acceptors (Lipinski definition) is 4. The summed E-state index contributed by atoms with van der Waals surface area (Å²) in [4.78, 5) is 16.0. The Morgan fingerprint density at radius 2 is 2.05 bits per heavy atom. The van der Waals surface area contributed by atoms with Crippen LogP contribution in [-0.4, -0.2) is 28.8 Å². The van der Waals surface area contributed by atoms with Crippen LogP contribution in [0.5, 0.6) is 0 Å². The maximum atomic E-state index is 11.6. The molecule has 116 valence electrons. The molecule has 0 aliphatic heterocycles. The highest BCUT2D eigenvalue weighted by atomic mass is 16.6. The van der Waals surface area contributed by atoms with E-state index in [1.54, 1.807) is 0 Å². The van der Waals surface area contributed by atoms with Crippen molar-refractivity contribution < 1.29 is 9.53 Å². The summed E-state index contributed by atoms with van der Waals surface area (Å²) in [7, 11) is 0. The van der Waals surface area contributed by atoms with Crippen molar-refractivity contribution in [1.29, 1.82) is 0 Å². The lowest BCUT2D eigenvalue weighted by Gasteiger charge is -2.36. The Balaban J connectivity index is 1.63. The summed E-state index contributed by atoms with van der Waals surface area (Å²) in [5.74, 6) is 0. The van der Waals surface area contributed by atoms with Crippen LogP contribution in [0.15, 0.2) is 18.3 Å². The standard InChI is InChI=1S/C16H25N3O2/c1-11-5-6-12(17-9-11)10-18-13-7-14(8-13)19-15(20)21-16(2,3)4/h5-6,9,13-14,18H,7-8,10H2,1-4H3,(H,19,20). The van der Waals surface area contributed by atoms with E-state index in [4.69, 9.17) is 4.74 Å². The topological polar surface area (TPSA) is 63.2 Å². The van der Waals surface area contributed by atoms with Crippen LogP contribution in [0.4, 0.5) is 4.79 Å². The molecule has 1 fully saturated rings. The molecule has 0 unspecified atom stereocenters. The Labute approximate surface area is 126 Å². The molecular weight excluding hydrogens is 266 g/mol. The number of aryl methyl sites for hydroxylation is 1. The first-order chi connectivity index (χ1) is 9.82. The van der Waals surface area contributed by atoms with E-state index < -0.39 is 5.60 Å². The fourth-order valence-corrected chi connectivity index (χ4v) is 2.23. The average Bonchev–Trinajstić information content (AvgIpc) is 2.31. The van der Waals surface area contributed by atoms with E-state index in [1.807, 2.05) is 40.0 Å². The van der Waals surface area contributed by atoms with E-state index >= 15 is 0 Å². The number of carbonyl (C=O) groups is 1. The minimum atomic E-state index is -0.442. The zero-order valence-corrected chi connectivity index (χ0v) is 13.3. The van der Waals surface area contributed by atoms with Gasteiger partial charge in [-0.15, -0.1) is 0 Å². The zero-order chi connectivity index (χ0) is 15.5. The predicted octanol–water partition coefficient (Wildman–Crippen LogP) is 2.54. The molecule has 1 aromatic rings. The smallest absolute Gasteiger partial charge is 0.407 e. The number of ether oxygens (including phenoxy) is 1. The van der Waals surface area contributed by atoms with Gasteiger partial charge in [0.2, 0.25) is 0 Å². The quantitative estimate of drug-likeness (QED) is 0.895.